The van der Waals surface area contributed by atoms with E-state index in [-0.39, 0.29) is 0 Å². The summed E-state index contributed by atoms with van der Waals surface area (Å²) < 4.78 is 28.4. The van der Waals surface area contributed by atoms with E-state index in [1.807, 2.05) is 62.4 Å². The van der Waals surface area contributed by atoms with E-state index < -0.39 is 16.2 Å². The van der Waals surface area contributed by atoms with Crippen LogP contribution in [0.3, 0.4) is 0 Å². The van der Waals surface area contributed by atoms with Gasteiger partial charge >= 0.3 is 0 Å². The van der Waals surface area contributed by atoms with Crippen molar-refractivity contribution in [2.45, 2.75) is 20.0 Å². The van der Waals surface area contributed by atoms with Crippen LogP contribution in [0.1, 0.15) is 28.4 Å². The summed E-state index contributed by atoms with van der Waals surface area (Å²) in [5, 5.41) is 0. The fourth-order valence-electron chi connectivity index (χ4n) is 2.13. The van der Waals surface area contributed by atoms with E-state index in [1.54, 1.807) is 0 Å². The van der Waals surface area contributed by atoms with Crippen LogP contribution in [-0.2, 0) is 14.3 Å². The highest BCUT2D eigenvalue weighted by Crippen LogP contribution is 2.30. The summed E-state index contributed by atoms with van der Waals surface area (Å²) in [5.74, 6) is 0. The zero-order valence-corrected chi connectivity index (χ0v) is 12.6. The molecular formula is C16H18O3S. The molecule has 4 heteroatoms. The monoisotopic (exact) mass is 290 g/mol. The molecule has 0 radical (unpaired) electrons. The average Bonchev–Trinajstić information content (AvgIpc) is 2.39. The topological polar surface area (TPSA) is 43.4 Å². The van der Waals surface area contributed by atoms with Crippen molar-refractivity contribution < 1.29 is 12.6 Å². The second-order valence-corrected chi connectivity index (χ2v) is 6.55. The first kappa shape index (κ1) is 14.8. The van der Waals surface area contributed by atoms with Crippen LogP contribution in [0.4, 0.5) is 0 Å². The lowest BCUT2D eigenvalue weighted by Gasteiger charge is -2.19. The van der Waals surface area contributed by atoms with Crippen molar-refractivity contribution in [2.24, 2.45) is 0 Å². The van der Waals surface area contributed by atoms with Gasteiger partial charge in [-0.25, -0.2) is 0 Å². The molecule has 2 rings (SSSR count). The molecule has 0 amide bonds. The molecule has 0 fully saturated rings. The lowest BCUT2D eigenvalue weighted by Crippen LogP contribution is -2.13. The van der Waals surface area contributed by atoms with Gasteiger partial charge in [-0.1, -0.05) is 54.1 Å². The van der Waals surface area contributed by atoms with Gasteiger partial charge in [0.25, 0.3) is 10.1 Å². The van der Waals surface area contributed by atoms with Gasteiger partial charge in [0.15, 0.2) is 0 Å². The summed E-state index contributed by atoms with van der Waals surface area (Å²) in [7, 11) is -3.55. The Kier molecular flexibility index (Phi) is 4.26. The van der Waals surface area contributed by atoms with Crippen LogP contribution < -0.4 is 0 Å². The van der Waals surface area contributed by atoms with Gasteiger partial charge in [-0.15, -0.1) is 0 Å². The van der Waals surface area contributed by atoms with E-state index in [2.05, 4.69) is 0 Å². The van der Waals surface area contributed by atoms with Crippen molar-refractivity contribution >= 4 is 10.1 Å². The van der Waals surface area contributed by atoms with Gasteiger partial charge in [-0.3, -0.25) is 4.18 Å². The lowest BCUT2D eigenvalue weighted by atomic mass is 9.96. The minimum atomic E-state index is -3.55. The maximum atomic E-state index is 11.6. The van der Waals surface area contributed by atoms with E-state index in [9.17, 15) is 8.42 Å². The minimum absolute atomic E-state index is 0.605. The van der Waals surface area contributed by atoms with Crippen LogP contribution in [0, 0.1) is 13.8 Å². The molecule has 106 valence electrons. The van der Waals surface area contributed by atoms with Crippen molar-refractivity contribution in [1.82, 2.24) is 0 Å². The summed E-state index contributed by atoms with van der Waals surface area (Å²) >= 11 is 0. The van der Waals surface area contributed by atoms with Crippen LogP contribution in [0.2, 0.25) is 0 Å². The third-order valence-corrected chi connectivity index (χ3v) is 3.63. The van der Waals surface area contributed by atoms with Crippen molar-refractivity contribution in [3.8, 4) is 0 Å². The molecule has 0 aliphatic carbocycles. The van der Waals surface area contributed by atoms with E-state index in [1.165, 1.54) is 0 Å². The zero-order chi connectivity index (χ0) is 14.8. The molecule has 0 heterocycles. The fourth-order valence-corrected chi connectivity index (χ4v) is 2.70. The Hall–Kier alpha value is -1.65. The lowest BCUT2D eigenvalue weighted by molar-refractivity contribution is 0.255. The molecule has 1 unspecified atom stereocenters. The Morgan fingerprint density at radius 1 is 1.00 bits per heavy atom. The zero-order valence-electron chi connectivity index (χ0n) is 11.8. The summed E-state index contributed by atoms with van der Waals surface area (Å²) in [5.41, 5.74) is 3.78. The summed E-state index contributed by atoms with van der Waals surface area (Å²) in [6.45, 7) is 3.93. The average molecular weight is 290 g/mol. The predicted molar refractivity (Wildman–Crippen MR) is 80.1 cm³/mol. The normalized spacial score (nSPS) is 13.2. The molecule has 0 spiro atoms. The summed E-state index contributed by atoms with van der Waals surface area (Å²) in [6, 6.07) is 15.3. The van der Waals surface area contributed by atoms with E-state index in [0.717, 1.165) is 28.5 Å². The molecule has 0 N–H and O–H groups in total. The molecule has 0 bridgehead atoms. The second-order valence-electron chi connectivity index (χ2n) is 4.95. The Morgan fingerprint density at radius 2 is 1.65 bits per heavy atom. The highest BCUT2D eigenvalue weighted by atomic mass is 32.2. The van der Waals surface area contributed by atoms with Crippen LogP contribution in [0.25, 0.3) is 0 Å². The van der Waals surface area contributed by atoms with Gasteiger partial charge in [-0.05, 0) is 30.5 Å². The molecule has 0 aliphatic heterocycles. The molecule has 20 heavy (non-hydrogen) atoms. The van der Waals surface area contributed by atoms with E-state index in [4.69, 9.17) is 4.18 Å². The van der Waals surface area contributed by atoms with Crippen LogP contribution in [-0.4, -0.2) is 14.7 Å². The maximum absolute atomic E-state index is 11.6. The number of hydrogen-bond donors (Lipinski definition) is 0. The standard InChI is InChI=1S/C16H18O3S/c1-12-9-10-13(2)15(11-12)16(19-20(3,17)18)14-7-5-4-6-8-14/h4-11,16H,1-3H3. The first-order valence-corrected chi connectivity index (χ1v) is 8.19. The third-order valence-electron chi connectivity index (χ3n) is 3.09. The molecule has 1 atom stereocenters. The molecule has 0 aliphatic rings. The Balaban J connectivity index is 2.54. The third kappa shape index (κ3) is 3.68. The second kappa shape index (κ2) is 5.77. The minimum Gasteiger partial charge on any atom is -0.257 e. The first-order valence-electron chi connectivity index (χ1n) is 6.37. The quantitative estimate of drug-likeness (QED) is 0.811. The number of hydrogen-bond acceptors (Lipinski definition) is 3. The van der Waals surface area contributed by atoms with Gasteiger partial charge in [0, 0.05) is 0 Å². The molecule has 2 aromatic carbocycles. The van der Waals surface area contributed by atoms with Crippen molar-refractivity contribution in [2.75, 3.05) is 6.26 Å². The Bertz CT molecular complexity index is 691. The van der Waals surface area contributed by atoms with Gasteiger partial charge in [0.2, 0.25) is 0 Å². The molecule has 0 saturated heterocycles. The van der Waals surface area contributed by atoms with Crippen molar-refractivity contribution in [3.63, 3.8) is 0 Å². The number of rotatable bonds is 4. The Morgan fingerprint density at radius 3 is 2.25 bits per heavy atom. The maximum Gasteiger partial charge on any atom is 0.265 e. The van der Waals surface area contributed by atoms with Gasteiger partial charge in [-0.2, -0.15) is 8.42 Å². The van der Waals surface area contributed by atoms with Crippen LogP contribution in [0.5, 0.6) is 0 Å². The van der Waals surface area contributed by atoms with E-state index in [0.29, 0.717) is 0 Å². The number of benzene rings is 2. The highest BCUT2D eigenvalue weighted by molar-refractivity contribution is 7.86. The van der Waals surface area contributed by atoms with Gasteiger partial charge < -0.3 is 0 Å². The van der Waals surface area contributed by atoms with Gasteiger partial charge in [0.05, 0.1) is 6.26 Å². The molecule has 0 saturated carbocycles. The molecular weight excluding hydrogens is 272 g/mol. The Labute approximate surface area is 120 Å². The largest absolute Gasteiger partial charge is 0.265 e. The summed E-state index contributed by atoms with van der Waals surface area (Å²) in [6.07, 6.45) is 0.472. The van der Waals surface area contributed by atoms with Gasteiger partial charge in [0.1, 0.15) is 6.10 Å². The van der Waals surface area contributed by atoms with Crippen molar-refractivity contribution in [1.29, 1.82) is 0 Å². The SMILES string of the molecule is Cc1ccc(C)c(C(OS(C)(=O)=O)c2ccccc2)c1. The predicted octanol–water partition coefficient (Wildman–Crippen LogP) is 3.37. The van der Waals surface area contributed by atoms with Crippen LogP contribution in [0.15, 0.2) is 48.5 Å². The first-order chi connectivity index (χ1) is 9.37. The summed E-state index contributed by atoms with van der Waals surface area (Å²) in [4.78, 5) is 0. The molecule has 0 aromatic heterocycles. The van der Waals surface area contributed by atoms with Crippen LogP contribution >= 0.6 is 0 Å². The van der Waals surface area contributed by atoms with Crippen molar-refractivity contribution in [3.05, 3.63) is 70.8 Å². The number of aryl methyl sites for hydroxylation is 2. The molecule has 2 aromatic rings. The van der Waals surface area contributed by atoms with E-state index >= 15 is 0 Å². The smallest absolute Gasteiger partial charge is 0.257 e. The highest BCUT2D eigenvalue weighted by Gasteiger charge is 2.21. The molecule has 3 nitrogen and oxygen atoms in total. The fraction of sp³-hybridized carbons (Fsp3) is 0.250.